The van der Waals surface area contributed by atoms with E-state index < -0.39 is 0 Å². The average molecular weight is 210 g/mol. The summed E-state index contributed by atoms with van der Waals surface area (Å²) in [6.45, 7) is 2.40. The predicted molar refractivity (Wildman–Crippen MR) is 54.9 cm³/mol. The lowest BCUT2D eigenvalue weighted by atomic mass is 10.1. The van der Waals surface area contributed by atoms with E-state index in [9.17, 15) is 4.39 Å². The number of ether oxygens (including phenoxy) is 1. The molecule has 1 aliphatic heterocycles. The fourth-order valence-electron chi connectivity index (χ4n) is 1.71. The van der Waals surface area contributed by atoms with Crippen LogP contribution >= 0.6 is 0 Å². The van der Waals surface area contributed by atoms with E-state index in [0.717, 1.165) is 31.5 Å². The molecule has 15 heavy (non-hydrogen) atoms. The van der Waals surface area contributed by atoms with Gasteiger partial charge in [-0.15, -0.1) is 0 Å². The Balaban J connectivity index is 1.81. The zero-order valence-electron chi connectivity index (χ0n) is 8.58. The number of aromatic nitrogens is 1. The Labute approximate surface area is 88.7 Å². The summed E-state index contributed by atoms with van der Waals surface area (Å²) in [6, 6.07) is 1.46. The maximum absolute atomic E-state index is 12.8. The van der Waals surface area contributed by atoms with Gasteiger partial charge >= 0.3 is 0 Å². The molecule has 0 amide bonds. The third-order valence-electron chi connectivity index (χ3n) is 2.50. The average Bonchev–Trinajstić information content (AvgIpc) is 2.28. The van der Waals surface area contributed by atoms with Gasteiger partial charge in [-0.25, -0.2) is 4.39 Å². The third-order valence-corrected chi connectivity index (χ3v) is 2.50. The standard InChI is InChI=1S/C11H15FN2O/c12-10-4-9(5-14-6-10)8-15-11-2-1-3-13-7-11/h4-6,11,13H,1-3,7-8H2/t11-/m0/s1. The SMILES string of the molecule is Fc1cncc(CO[C@H]2CCCNC2)c1. The van der Waals surface area contributed by atoms with Crippen LogP contribution in [0.2, 0.25) is 0 Å². The van der Waals surface area contributed by atoms with Crippen molar-refractivity contribution in [2.45, 2.75) is 25.6 Å². The minimum atomic E-state index is -0.308. The van der Waals surface area contributed by atoms with Crippen molar-refractivity contribution in [2.75, 3.05) is 13.1 Å². The van der Waals surface area contributed by atoms with Crippen molar-refractivity contribution >= 4 is 0 Å². The quantitative estimate of drug-likeness (QED) is 0.820. The number of piperidine rings is 1. The van der Waals surface area contributed by atoms with Crippen molar-refractivity contribution in [3.8, 4) is 0 Å². The molecular weight excluding hydrogens is 195 g/mol. The second-order valence-electron chi connectivity index (χ2n) is 3.79. The lowest BCUT2D eigenvalue weighted by Gasteiger charge is -2.22. The molecule has 1 aromatic heterocycles. The fraction of sp³-hybridized carbons (Fsp3) is 0.545. The molecule has 82 valence electrons. The van der Waals surface area contributed by atoms with Crippen LogP contribution in [0.3, 0.4) is 0 Å². The number of hydrogen-bond acceptors (Lipinski definition) is 3. The van der Waals surface area contributed by atoms with Gasteiger partial charge in [0.1, 0.15) is 5.82 Å². The fourth-order valence-corrected chi connectivity index (χ4v) is 1.71. The first kappa shape index (κ1) is 10.5. The van der Waals surface area contributed by atoms with Crippen molar-refractivity contribution in [3.05, 3.63) is 29.8 Å². The molecule has 0 saturated carbocycles. The van der Waals surface area contributed by atoms with Crippen molar-refractivity contribution < 1.29 is 9.13 Å². The molecule has 0 spiro atoms. The largest absolute Gasteiger partial charge is 0.372 e. The lowest BCUT2D eigenvalue weighted by Crippen LogP contribution is -2.35. The minimum absolute atomic E-state index is 0.252. The first-order valence-electron chi connectivity index (χ1n) is 5.26. The molecule has 1 saturated heterocycles. The smallest absolute Gasteiger partial charge is 0.141 e. The number of halogens is 1. The normalized spacial score (nSPS) is 21.5. The zero-order valence-corrected chi connectivity index (χ0v) is 8.58. The highest BCUT2D eigenvalue weighted by Crippen LogP contribution is 2.09. The van der Waals surface area contributed by atoms with Gasteiger partial charge in [0.25, 0.3) is 0 Å². The minimum Gasteiger partial charge on any atom is -0.372 e. The zero-order chi connectivity index (χ0) is 10.5. The van der Waals surface area contributed by atoms with Crippen LogP contribution in [0.25, 0.3) is 0 Å². The second-order valence-corrected chi connectivity index (χ2v) is 3.79. The van der Waals surface area contributed by atoms with Crippen LogP contribution in [0, 0.1) is 5.82 Å². The van der Waals surface area contributed by atoms with Crippen LogP contribution in [0.15, 0.2) is 18.5 Å². The summed E-state index contributed by atoms with van der Waals surface area (Å²) in [5.41, 5.74) is 0.792. The van der Waals surface area contributed by atoms with Gasteiger partial charge in [0.15, 0.2) is 0 Å². The molecule has 0 aromatic carbocycles. The maximum atomic E-state index is 12.8. The molecule has 1 atom stereocenters. The van der Waals surface area contributed by atoms with Crippen LogP contribution in [-0.4, -0.2) is 24.2 Å². The summed E-state index contributed by atoms with van der Waals surface area (Å²) in [4.78, 5) is 3.78. The molecule has 0 aliphatic carbocycles. The molecule has 4 heteroatoms. The van der Waals surface area contributed by atoms with Gasteiger partial charge in [0, 0.05) is 12.7 Å². The molecule has 1 aromatic rings. The third kappa shape index (κ3) is 3.25. The first-order valence-corrected chi connectivity index (χ1v) is 5.26. The van der Waals surface area contributed by atoms with E-state index >= 15 is 0 Å². The van der Waals surface area contributed by atoms with E-state index in [-0.39, 0.29) is 11.9 Å². The summed E-state index contributed by atoms with van der Waals surface area (Å²) in [6.07, 6.45) is 5.31. The number of pyridine rings is 1. The Morgan fingerprint density at radius 1 is 1.53 bits per heavy atom. The Morgan fingerprint density at radius 3 is 3.20 bits per heavy atom. The Hall–Kier alpha value is -1.00. The van der Waals surface area contributed by atoms with E-state index in [1.54, 1.807) is 6.20 Å². The summed E-state index contributed by atoms with van der Waals surface area (Å²) < 4.78 is 18.5. The Bertz CT molecular complexity index is 313. The second kappa shape index (κ2) is 5.19. The van der Waals surface area contributed by atoms with Crippen LogP contribution in [0.4, 0.5) is 4.39 Å². The molecule has 0 radical (unpaired) electrons. The highest BCUT2D eigenvalue weighted by atomic mass is 19.1. The number of nitrogens with zero attached hydrogens (tertiary/aromatic N) is 1. The van der Waals surface area contributed by atoms with Gasteiger partial charge in [-0.3, -0.25) is 4.98 Å². The topological polar surface area (TPSA) is 34.1 Å². The summed E-state index contributed by atoms with van der Waals surface area (Å²) in [7, 11) is 0. The van der Waals surface area contributed by atoms with Crippen molar-refractivity contribution in [1.29, 1.82) is 0 Å². The van der Waals surface area contributed by atoms with Gasteiger partial charge in [-0.1, -0.05) is 0 Å². The molecule has 1 N–H and O–H groups in total. The summed E-state index contributed by atoms with van der Waals surface area (Å²) in [5.74, 6) is -0.308. The molecule has 0 bridgehead atoms. The number of nitrogens with one attached hydrogen (secondary N) is 1. The highest BCUT2D eigenvalue weighted by Gasteiger charge is 2.13. The molecule has 2 heterocycles. The van der Waals surface area contributed by atoms with E-state index in [1.165, 1.54) is 12.3 Å². The molecule has 2 rings (SSSR count). The monoisotopic (exact) mass is 210 g/mol. The first-order chi connectivity index (χ1) is 7.34. The van der Waals surface area contributed by atoms with E-state index in [4.69, 9.17) is 4.74 Å². The molecular formula is C11H15FN2O. The molecule has 1 aliphatic rings. The number of rotatable bonds is 3. The van der Waals surface area contributed by atoms with Crippen LogP contribution < -0.4 is 5.32 Å². The van der Waals surface area contributed by atoms with Crippen LogP contribution in [0.1, 0.15) is 18.4 Å². The van der Waals surface area contributed by atoms with E-state index in [0.29, 0.717) is 6.61 Å². The van der Waals surface area contributed by atoms with E-state index in [1.807, 2.05) is 0 Å². The lowest BCUT2D eigenvalue weighted by molar-refractivity contribution is 0.0250. The molecule has 3 nitrogen and oxygen atoms in total. The van der Waals surface area contributed by atoms with Gasteiger partial charge in [-0.2, -0.15) is 0 Å². The van der Waals surface area contributed by atoms with Crippen molar-refractivity contribution in [3.63, 3.8) is 0 Å². The van der Waals surface area contributed by atoms with Gasteiger partial charge in [0.2, 0.25) is 0 Å². The Kier molecular flexibility index (Phi) is 3.64. The highest BCUT2D eigenvalue weighted by molar-refractivity contribution is 5.08. The van der Waals surface area contributed by atoms with E-state index in [2.05, 4.69) is 10.3 Å². The molecule has 0 unspecified atom stereocenters. The maximum Gasteiger partial charge on any atom is 0.141 e. The predicted octanol–water partition coefficient (Wildman–Crippen LogP) is 1.49. The van der Waals surface area contributed by atoms with Crippen LogP contribution in [0.5, 0.6) is 0 Å². The summed E-state index contributed by atoms with van der Waals surface area (Å²) in [5, 5.41) is 3.27. The molecule has 1 fully saturated rings. The van der Waals surface area contributed by atoms with Gasteiger partial charge in [-0.05, 0) is 31.0 Å². The number of hydrogen-bond donors (Lipinski definition) is 1. The van der Waals surface area contributed by atoms with Crippen molar-refractivity contribution in [1.82, 2.24) is 10.3 Å². The Morgan fingerprint density at radius 2 is 2.47 bits per heavy atom. The summed E-state index contributed by atoms with van der Waals surface area (Å²) >= 11 is 0. The van der Waals surface area contributed by atoms with Gasteiger partial charge < -0.3 is 10.1 Å². The van der Waals surface area contributed by atoms with Crippen molar-refractivity contribution in [2.24, 2.45) is 0 Å². The van der Waals surface area contributed by atoms with Gasteiger partial charge in [0.05, 0.1) is 18.9 Å². The van der Waals surface area contributed by atoms with Crippen LogP contribution in [-0.2, 0) is 11.3 Å².